The molecule has 1 atom stereocenters. The summed E-state index contributed by atoms with van der Waals surface area (Å²) in [5.74, 6) is 0.0749. The first-order chi connectivity index (χ1) is 10.1. The number of benzene rings is 1. The van der Waals surface area contributed by atoms with Crippen LogP contribution in [0.15, 0.2) is 24.3 Å². The lowest BCUT2D eigenvalue weighted by Gasteiger charge is -2.16. The lowest BCUT2D eigenvalue weighted by atomic mass is 10.1. The van der Waals surface area contributed by atoms with Crippen molar-refractivity contribution in [1.82, 2.24) is 10.2 Å². The lowest BCUT2D eigenvalue weighted by molar-refractivity contribution is -0.128. The van der Waals surface area contributed by atoms with E-state index in [1.54, 1.807) is 6.07 Å². The van der Waals surface area contributed by atoms with Crippen molar-refractivity contribution in [2.24, 2.45) is 5.92 Å². The van der Waals surface area contributed by atoms with Gasteiger partial charge in [-0.25, -0.2) is 0 Å². The lowest BCUT2D eigenvalue weighted by Crippen LogP contribution is -2.29. The van der Waals surface area contributed by atoms with Crippen molar-refractivity contribution < 1.29 is 14.7 Å². The van der Waals surface area contributed by atoms with Gasteiger partial charge in [0.05, 0.1) is 0 Å². The Labute approximate surface area is 125 Å². The second-order valence-corrected chi connectivity index (χ2v) is 5.62. The Morgan fingerprint density at radius 3 is 2.95 bits per heavy atom. The number of carbonyl (C=O) groups is 2. The van der Waals surface area contributed by atoms with Crippen molar-refractivity contribution in [3.63, 3.8) is 0 Å². The van der Waals surface area contributed by atoms with E-state index in [2.05, 4.69) is 5.32 Å². The van der Waals surface area contributed by atoms with Crippen LogP contribution >= 0.6 is 0 Å². The highest BCUT2D eigenvalue weighted by Crippen LogP contribution is 2.15. The molecule has 1 aromatic carbocycles. The third kappa shape index (κ3) is 4.29. The van der Waals surface area contributed by atoms with Gasteiger partial charge in [0.2, 0.25) is 5.91 Å². The van der Waals surface area contributed by atoms with Crippen molar-refractivity contribution in [1.29, 1.82) is 0 Å². The first-order valence-corrected chi connectivity index (χ1v) is 7.36. The van der Waals surface area contributed by atoms with Gasteiger partial charge in [0.25, 0.3) is 5.91 Å². The summed E-state index contributed by atoms with van der Waals surface area (Å²) in [4.78, 5) is 25.5. The molecule has 1 aromatic rings. The van der Waals surface area contributed by atoms with Gasteiger partial charge in [-0.2, -0.15) is 0 Å². The van der Waals surface area contributed by atoms with E-state index in [0.717, 1.165) is 18.5 Å². The standard InChI is InChI=1S/C16H22N2O3/c1-12(11-19)9-17-16(21)14-5-2-4-13(8-14)10-18-7-3-6-15(18)20/h2,4-5,8,12,19H,3,6-7,9-11H2,1H3,(H,17,21). The minimum absolute atomic E-state index is 0.0411. The van der Waals surface area contributed by atoms with Crippen molar-refractivity contribution in [3.05, 3.63) is 35.4 Å². The van der Waals surface area contributed by atoms with Crippen LogP contribution < -0.4 is 5.32 Å². The van der Waals surface area contributed by atoms with Crippen LogP contribution in [0.25, 0.3) is 0 Å². The molecule has 1 fully saturated rings. The summed E-state index contributed by atoms with van der Waals surface area (Å²) in [6.45, 7) is 3.73. The molecule has 1 unspecified atom stereocenters. The van der Waals surface area contributed by atoms with E-state index in [-0.39, 0.29) is 24.3 Å². The van der Waals surface area contributed by atoms with Gasteiger partial charge in [-0.15, -0.1) is 0 Å². The molecule has 1 aliphatic heterocycles. The highest BCUT2D eigenvalue weighted by Gasteiger charge is 2.20. The third-order valence-corrected chi connectivity index (χ3v) is 3.66. The SMILES string of the molecule is CC(CO)CNC(=O)c1cccc(CN2CCCC2=O)c1. The molecule has 1 saturated heterocycles. The zero-order valence-electron chi connectivity index (χ0n) is 12.3. The second kappa shape index (κ2) is 7.22. The van der Waals surface area contributed by atoms with Crippen LogP contribution in [-0.2, 0) is 11.3 Å². The first kappa shape index (κ1) is 15.5. The van der Waals surface area contributed by atoms with Gasteiger partial charge < -0.3 is 15.3 Å². The molecule has 0 radical (unpaired) electrons. The molecule has 1 heterocycles. The van der Waals surface area contributed by atoms with Crippen molar-refractivity contribution in [2.75, 3.05) is 19.7 Å². The van der Waals surface area contributed by atoms with Gasteiger partial charge in [-0.1, -0.05) is 19.1 Å². The molecular formula is C16H22N2O3. The van der Waals surface area contributed by atoms with E-state index in [4.69, 9.17) is 5.11 Å². The van der Waals surface area contributed by atoms with Crippen molar-refractivity contribution >= 4 is 11.8 Å². The fraction of sp³-hybridized carbons (Fsp3) is 0.500. The Kier molecular flexibility index (Phi) is 5.33. The zero-order valence-corrected chi connectivity index (χ0v) is 12.3. The molecule has 0 bridgehead atoms. The molecule has 114 valence electrons. The number of amides is 2. The molecule has 2 N–H and O–H groups in total. The number of aliphatic hydroxyl groups is 1. The number of hydrogen-bond donors (Lipinski definition) is 2. The molecule has 0 aliphatic carbocycles. The predicted octanol–water partition coefficient (Wildman–Crippen LogP) is 1.17. The molecular weight excluding hydrogens is 268 g/mol. The molecule has 0 saturated carbocycles. The molecule has 0 aromatic heterocycles. The number of carbonyl (C=O) groups excluding carboxylic acids is 2. The van der Waals surface area contributed by atoms with Gasteiger partial charge in [0, 0.05) is 38.2 Å². The third-order valence-electron chi connectivity index (χ3n) is 3.66. The van der Waals surface area contributed by atoms with E-state index in [1.807, 2.05) is 30.0 Å². The Balaban J connectivity index is 1.96. The summed E-state index contributed by atoms with van der Waals surface area (Å²) < 4.78 is 0. The average Bonchev–Trinajstić information content (AvgIpc) is 2.90. The van der Waals surface area contributed by atoms with Crippen LogP contribution in [0, 0.1) is 5.92 Å². The summed E-state index contributed by atoms with van der Waals surface area (Å²) in [5, 5.41) is 11.8. The summed E-state index contributed by atoms with van der Waals surface area (Å²) in [6, 6.07) is 7.35. The Morgan fingerprint density at radius 2 is 2.29 bits per heavy atom. The Bertz CT molecular complexity index is 516. The fourth-order valence-corrected chi connectivity index (χ4v) is 2.34. The Morgan fingerprint density at radius 1 is 1.48 bits per heavy atom. The van der Waals surface area contributed by atoms with E-state index >= 15 is 0 Å². The number of nitrogens with zero attached hydrogens (tertiary/aromatic N) is 1. The summed E-state index contributed by atoms with van der Waals surface area (Å²) in [7, 11) is 0. The molecule has 2 rings (SSSR count). The normalized spacial score (nSPS) is 16.1. The van der Waals surface area contributed by atoms with Crippen molar-refractivity contribution in [3.8, 4) is 0 Å². The van der Waals surface area contributed by atoms with E-state index in [0.29, 0.717) is 25.1 Å². The summed E-state index contributed by atoms with van der Waals surface area (Å²) in [6.07, 6.45) is 1.54. The average molecular weight is 290 g/mol. The largest absolute Gasteiger partial charge is 0.396 e. The highest BCUT2D eigenvalue weighted by molar-refractivity contribution is 5.94. The minimum Gasteiger partial charge on any atom is -0.396 e. The van der Waals surface area contributed by atoms with E-state index in [1.165, 1.54) is 0 Å². The molecule has 21 heavy (non-hydrogen) atoms. The number of hydrogen-bond acceptors (Lipinski definition) is 3. The maximum absolute atomic E-state index is 12.0. The maximum atomic E-state index is 12.0. The van der Waals surface area contributed by atoms with Gasteiger partial charge in [0.15, 0.2) is 0 Å². The topological polar surface area (TPSA) is 69.6 Å². The van der Waals surface area contributed by atoms with Crippen LogP contribution in [0.3, 0.4) is 0 Å². The zero-order chi connectivity index (χ0) is 15.2. The summed E-state index contributed by atoms with van der Waals surface area (Å²) >= 11 is 0. The van der Waals surface area contributed by atoms with Gasteiger partial charge in [-0.05, 0) is 30.0 Å². The van der Waals surface area contributed by atoms with E-state index < -0.39 is 0 Å². The number of nitrogens with one attached hydrogen (secondary N) is 1. The molecule has 0 spiro atoms. The second-order valence-electron chi connectivity index (χ2n) is 5.62. The molecule has 2 amide bonds. The number of rotatable bonds is 6. The van der Waals surface area contributed by atoms with Gasteiger partial charge >= 0.3 is 0 Å². The number of likely N-dealkylation sites (tertiary alicyclic amines) is 1. The van der Waals surface area contributed by atoms with Crippen LogP contribution in [0.5, 0.6) is 0 Å². The smallest absolute Gasteiger partial charge is 0.251 e. The highest BCUT2D eigenvalue weighted by atomic mass is 16.3. The quantitative estimate of drug-likeness (QED) is 0.826. The Hall–Kier alpha value is -1.88. The summed E-state index contributed by atoms with van der Waals surface area (Å²) in [5.41, 5.74) is 1.55. The van der Waals surface area contributed by atoms with Crippen LogP contribution in [0.1, 0.15) is 35.7 Å². The van der Waals surface area contributed by atoms with Crippen LogP contribution in [0.2, 0.25) is 0 Å². The number of aliphatic hydroxyl groups excluding tert-OH is 1. The van der Waals surface area contributed by atoms with Crippen molar-refractivity contribution in [2.45, 2.75) is 26.3 Å². The predicted molar refractivity (Wildman–Crippen MR) is 79.7 cm³/mol. The van der Waals surface area contributed by atoms with Gasteiger partial charge in [0.1, 0.15) is 0 Å². The first-order valence-electron chi connectivity index (χ1n) is 7.36. The maximum Gasteiger partial charge on any atom is 0.251 e. The van der Waals surface area contributed by atoms with Crippen LogP contribution in [-0.4, -0.2) is 41.5 Å². The van der Waals surface area contributed by atoms with Crippen LogP contribution in [0.4, 0.5) is 0 Å². The molecule has 5 heteroatoms. The van der Waals surface area contributed by atoms with E-state index in [9.17, 15) is 9.59 Å². The fourth-order valence-electron chi connectivity index (χ4n) is 2.34. The molecule has 5 nitrogen and oxygen atoms in total. The monoisotopic (exact) mass is 290 g/mol. The van der Waals surface area contributed by atoms with Gasteiger partial charge in [-0.3, -0.25) is 9.59 Å². The minimum atomic E-state index is -0.148. The molecule has 1 aliphatic rings.